The molecular weight excluding hydrogens is 212 g/mol. The normalized spacial score (nSPS) is 29.8. The molecule has 3 unspecified atom stereocenters. The standard InChI is InChI=1S/C14H30N2O/c1-4-6-12-7-8-13(15)14(11-12)16(2)9-5-10-17-3/h12-14H,4-11,15H2,1-3H3. The van der Waals surface area contributed by atoms with Gasteiger partial charge in [-0.2, -0.15) is 0 Å². The molecule has 0 spiro atoms. The largest absolute Gasteiger partial charge is 0.385 e. The average molecular weight is 242 g/mol. The number of methoxy groups -OCH3 is 1. The van der Waals surface area contributed by atoms with Gasteiger partial charge in [-0.15, -0.1) is 0 Å². The van der Waals surface area contributed by atoms with Gasteiger partial charge in [-0.05, 0) is 38.6 Å². The summed E-state index contributed by atoms with van der Waals surface area (Å²) in [4.78, 5) is 2.45. The molecule has 0 bridgehead atoms. The number of nitrogens with zero attached hydrogens (tertiary/aromatic N) is 1. The molecule has 0 heterocycles. The average Bonchev–Trinajstić information content (AvgIpc) is 2.32. The Labute approximate surface area is 107 Å². The summed E-state index contributed by atoms with van der Waals surface area (Å²) < 4.78 is 5.11. The van der Waals surface area contributed by atoms with Crippen molar-refractivity contribution in [2.45, 2.75) is 57.5 Å². The van der Waals surface area contributed by atoms with Crippen LogP contribution in [0.25, 0.3) is 0 Å². The molecule has 0 radical (unpaired) electrons. The highest BCUT2D eigenvalue weighted by molar-refractivity contribution is 4.88. The third kappa shape index (κ3) is 4.94. The first-order valence-corrected chi connectivity index (χ1v) is 7.13. The van der Waals surface area contributed by atoms with Crippen LogP contribution >= 0.6 is 0 Å². The van der Waals surface area contributed by atoms with E-state index in [1.165, 1.54) is 32.1 Å². The Bertz CT molecular complexity index is 199. The van der Waals surface area contributed by atoms with Crippen molar-refractivity contribution in [2.75, 3.05) is 27.3 Å². The third-order valence-electron chi connectivity index (χ3n) is 4.10. The number of rotatable bonds is 7. The van der Waals surface area contributed by atoms with Gasteiger partial charge >= 0.3 is 0 Å². The molecule has 17 heavy (non-hydrogen) atoms. The minimum Gasteiger partial charge on any atom is -0.385 e. The number of hydrogen-bond acceptors (Lipinski definition) is 3. The van der Waals surface area contributed by atoms with Crippen molar-refractivity contribution in [2.24, 2.45) is 11.7 Å². The first kappa shape index (κ1) is 14.9. The van der Waals surface area contributed by atoms with E-state index in [0.717, 1.165) is 25.5 Å². The van der Waals surface area contributed by atoms with Gasteiger partial charge in [0.25, 0.3) is 0 Å². The van der Waals surface area contributed by atoms with Crippen LogP contribution in [0.1, 0.15) is 45.4 Å². The first-order valence-electron chi connectivity index (χ1n) is 7.13. The molecule has 1 rings (SSSR count). The Kier molecular flexibility index (Phi) is 7.09. The zero-order valence-corrected chi connectivity index (χ0v) is 11.8. The molecule has 3 atom stereocenters. The molecule has 0 aromatic carbocycles. The second-order valence-electron chi connectivity index (χ2n) is 5.53. The SMILES string of the molecule is CCCC1CCC(N)C(N(C)CCCOC)C1. The van der Waals surface area contributed by atoms with E-state index in [-0.39, 0.29) is 0 Å². The monoisotopic (exact) mass is 242 g/mol. The van der Waals surface area contributed by atoms with Crippen molar-refractivity contribution in [3.63, 3.8) is 0 Å². The van der Waals surface area contributed by atoms with Crippen molar-refractivity contribution in [3.05, 3.63) is 0 Å². The van der Waals surface area contributed by atoms with Gasteiger partial charge in [0.2, 0.25) is 0 Å². The van der Waals surface area contributed by atoms with Crippen LogP contribution in [0.2, 0.25) is 0 Å². The lowest BCUT2D eigenvalue weighted by Crippen LogP contribution is -2.50. The van der Waals surface area contributed by atoms with E-state index in [9.17, 15) is 0 Å². The van der Waals surface area contributed by atoms with Crippen LogP contribution in [-0.2, 0) is 4.74 Å². The summed E-state index contributed by atoms with van der Waals surface area (Å²) in [7, 11) is 3.98. The van der Waals surface area contributed by atoms with E-state index < -0.39 is 0 Å². The van der Waals surface area contributed by atoms with Crippen LogP contribution in [0.15, 0.2) is 0 Å². The molecule has 102 valence electrons. The van der Waals surface area contributed by atoms with Gasteiger partial charge < -0.3 is 15.4 Å². The number of hydrogen-bond donors (Lipinski definition) is 1. The van der Waals surface area contributed by atoms with Crippen molar-refractivity contribution in [1.29, 1.82) is 0 Å². The number of nitrogens with two attached hydrogens (primary N) is 1. The lowest BCUT2D eigenvalue weighted by atomic mass is 9.80. The number of likely N-dealkylation sites (N-methyl/N-ethyl adjacent to an activating group) is 1. The second kappa shape index (κ2) is 8.06. The Morgan fingerprint density at radius 1 is 1.35 bits per heavy atom. The summed E-state index contributed by atoms with van der Waals surface area (Å²) in [5.74, 6) is 0.898. The highest BCUT2D eigenvalue weighted by Crippen LogP contribution is 2.29. The summed E-state index contributed by atoms with van der Waals surface area (Å²) in [5, 5.41) is 0. The zero-order valence-electron chi connectivity index (χ0n) is 11.8. The third-order valence-corrected chi connectivity index (χ3v) is 4.10. The van der Waals surface area contributed by atoms with Gasteiger partial charge in [-0.1, -0.05) is 19.8 Å². The summed E-state index contributed by atoms with van der Waals surface area (Å²) in [5.41, 5.74) is 6.27. The van der Waals surface area contributed by atoms with Crippen molar-refractivity contribution in [1.82, 2.24) is 4.90 Å². The maximum Gasteiger partial charge on any atom is 0.0474 e. The van der Waals surface area contributed by atoms with E-state index in [4.69, 9.17) is 10.5 Å². The van der Waals surface area contributed by atoms with Gasteiger partial charge in [0.05, 0.1) is 0 Å². The maximum atomic E-state index is 6.27. The molecule has 3 heteroatoms. The summed E-state index contributed by atoms with van der Waals surface area (Å²) in [6.07, 6.45) is 7.60. The molecule has 0 aliphatic heterocycles. The Hall–Kier alpha value is -0.120. The molecule has 1 saturated carbocycles. The molecule has 0 saturated heterocycles. The van der Waals surface area contributed by atoms with Crippen molar-refractivity contribution in [3.8, 4) is 0 Å². The van der Waals surface area contributed by atoms with E-state index in [1.54, 1.807) is 7.11 Å². The summed E-state index contributed by atoms with van der Waals surface area (Å²) in [6, 6.07) is 0.952. The summed E-state index contributed by atoms with van der Waals surface area (Å²) >= 11 is 0. The molecule has 0 aromatic rings. The zero-order chi connectivity index (χ0) is 12.7. The fourth-order valence-corrected chi connectivity index (χ4v) is 3.06. The maximum absolute atomic E-state index is 6.27. The fraction of sp³-hybridized carbons (Fsp3) is 1.00. The van der Waals surface area contributed by atoms with Gasteiger partial charge in [0.1, 0.15) is 0 Å². The van der Waals surface area contributed by atoms with Crippen LogP contribution in [0.4, 0.5) is 0 Å². The van der Waals surface area contributed by atoms with Crippen molar-refractivity contribution >= 4 is 0 Å². The molecule has 2 N–H and O–H groups in total. The Morgan fingerprint density at radius 3 is 2.76 bits per heavy atom. The van der Waals surface area contributed by atoms with Crippen LogP contribution in [-0.4, -0.2) is 44.3 Å². The molecule has 1 aliphatic carbocycles. The Morgan fingerprint density at radius 2 is 2.12 bits per heavy atom. The highest BCUT2D eigenvalue weighted by atomic mass is 16.5. The molecule has 3 nitrogen and oxygen atoms in total. The highest BCUT2D eigenvalue weighted by Gasteiger charge is 2.29. The lowest BCUT2D eigenvalue weighted by Gasteiger charge is -2.39. The molecule has 0 aromatic heterocycles. The first-order chi connectivity index (χ1) is 8.19. The molecule has 1 aliphatic rings. The predicted molar refractivity (Wildman–Crippen MR) is 73.1 cm³/mol. The minimum atomic E-state index is 0.371. The van der Waals surface area contributed by atoms with E-state index in [0.29, 0.717) is 12.1 Å². The number of ether oxygens (including phenoxy) is 1. The molecule has 1 fully saturated rings. The van der Waals surface area contributed by atoms with Gasteiger partial charge in [0, 0.05) is 32.3 Å². The predicted octanol–water partition coefficient (Wildman–Crippen LogP) is 2.25. The lowest BCUT2D eigenvalue weighted by molar-refractivity contribution is 0.116. The van der Waals surface area contributed by atoms with Crippen molar-refractivity contribution < 1.29 is 4.74 Å². The Balaban J connectivity index is 2.36. The van der Waals surface area contributed by atoms with Crippen LogP contribution in [0.5, 0.6) is 0 Å². The van der Waals surface area contributed by atoms with E-state index in [1.807, 2.05) is 0 Å². The second-order valence-corrected chi connectivity index (χ2v) is 5.53. The fourth-order valence-electron chi connectivity index (χ4n) is 3.06. The van der Waals surface area contributed by atoms with Gasteiger partial charge in [-0.25, -0.2) is 0 Å². The quantitative estimate of drug-likeness (QED) is 0.696. The van der Waals surface area contributed by atoms with Crippen LogP contribution in [0.3, 0.4) is 0 Å². The molecular formula is C14H30N2O. The smallest absolute Gasteiger partial charge is 0.0474 e. The summed E-state index contributed by atoms with van der Waals surface area (Å²) in [6.45, 7) is 4.24. The van der Waals surface area contributed by atoms with Crippen LogP contribution in [0, 0.1) is 5.92 Å². The topological polar surface area (TPSA) is 38.5 Å². The van der Waals surface area contributed by atoms with E-state index >= 15 is 0 Å². The van der Waals surface area contributed by atoms with E-state index in [2.05, 4.69) is 18.9 Å². The van der Waals surface area contributed by atoms with Gasteiger partial charge in [0.15, 0.2) is 0 Å². The van der Waals surface area contributed by atoms with Gasteiger partial charge in [-0.3, -0.25) is 0 Å². The molecule has 0 amide bonds. The minimum absolute atomic E-state index is 0.371. The van der Waals surface area contributed by atoms with Crippen LogP contribution < -0.4 is 5.73 Å².